The van der Waals surface area contributed by atoms with Crippen LogP contribution in [0.25, 0.3) is 5.69 Å². The second kappa shape index (κ2) is 6.73. The van der Waals surface area contributed by atoms with Crippen molar-refractivity contribution >= 4 is 22.4 Å². The molecule has 4 rings (SSSR count). The third-order valence-corrected chi connectivity index (χ3v) is 4.72. The maximum Gasteiger partial charge on any atom is 0.276 e. The molecule has 2 heterocycles. The first-order valence-corrected chi connectivity index (χ1v) is 8.84. The first-order valence-electron chi connectivity index (χ1n) is 8.02. The van der Waals surface area contributed by atoms with Gasteiger partial charge in [0.1, 0.15) is 17.3 Å². The number of rotatable bonds is 6. The van der Waals surface area contributed by atoms with E-state index in [4.69, 9.17) is 4.74 Å². The molecule has 8 heteroatoms. The fourth-order valence-corrected chi connectivity index (χ4v) is 3.26. The monoisotopic (exact) mass is 355 g/mol. The van der Waals surface area contributed by atoms with Crippen LogP contribution in [0.3, 0.4) is 0 Å². The first kappa shape index (κ1) is 15.9. The summed E-state index contributed by atoms with van der Waals surface area (Å²) in [6.07, 6.45) is 2.26. The topological polar surface area (TPSA) is 81.9 Å². The predicted octanol–water partition coefficient (Wildman–Crippen LogP) is 3.00. The van der Waals surface area contributed by atoms with E-state index in [1.807, 2.05) is 36.4 Å². The highest BCUT2D eigenvalue weighted by Crippen LogP contribution is 2.39. The molecule has 0 spiro atoms. The fourth-order valence-electron chi connectivity index (χ4n) is 2.55. The van der Waals surface area contributed by atoms with E-state index in [9.17, 15) is 4.79 Å². The second-order valence-corrected chi connectivity index (χ2v) is 6.93. The Kier molecular flexibility index (Phi) is 4.29. The van der Waals surface area contributed by atoms with Crippen molar-refractivity contribution in [3.05, 3.63) is 52.8 Å². The summed E-state index contributed by atoms with van der Waals surface area (Å²) < 4.78 is 6.72. The summed E-state index contributed by atoms with van der Waals surface area (Å²) in [6, 6.07) is 11.5. The first-order chi connectivity index (χ1) is 12.2. The molecule has 7 nitrogen and oxygen atoms in total. The van der Waals surface area contributed by atoms with Crippen LogP contribution < -0.4 is 5.32 Å². The molecule has 1 fully saturated rings. The van der Waals surface area contributed by atoms with Crippen molar-refractivity contribution in [1.29, 1.82) is 0 Å². The Bertz CT molecular complexity index is 886. The molecule has 1 aromatic carbocycles. The summed E-state index contributed by atoms with van der Waals surface area (Å²) in [4.78, 5) is 12.8. The molecule has 0 atom stereocenters. The molecule has 1 aliphatic rings. The number of carbonyl (C=O) groups is 1. The lowest BCUT2D eigenvalue weighted by Crippen LogP contribution is -2.16. The van der Waals surface area contributed by atoms with Crippen LogP contribution in [0.4, 0.5) is 5.13 Å². The van der Waals surface area contributed by atoms with Crippen LogP contribution in [0.5, 0.6) is 0 Å². The standard InChI is InChI=1S/C17H17N5O2S/c1-24-10-15-19-20-17(25-15)18-16(23)14-9-13(11-7-8-11)21-22(14)12-5-3-2-4-6-12/h2-6,9,11H,7-8,10H2,1H3,(H,18,20,23). The molecule has 1 amide bonds. The van der Waals surface area contributed by atoms with Crippen LogP contribution in [0.15, 0.2) is 36.4 Å². The van der Waals surface area contributed by atoms with E-state index in [-0.39, 0.29) is 5.91 Å². The highest BCUT2D eigenvalue weighted by molar-refractivity contribution is 7.15. The fraction of sp³-hybridized carbons (Fsp3) is 0.294. The second-order valence-electron chi connectivity index (χ2n) is 5.86. The molecule has 128 valence electrons. The van der Waals surface area contributed by atoms with Gasteiger partial charge in [0.2, 0.25) is 5.13 Å². The van der Waals surface area contributed by atoms with E-state index >= 15 is 0 Å². The van der Waals surface area contributed by atoms with Crippen LogP contribution >= 0.6 is 11.3 Å². The van der Waals surface area contributed by atoms with Crippen molar-refractivity contribution in [2.24, 2.45) is 0 Å². The van der Waals surface area contributed by atoms with Crippen LogP contribution in [-0.2, 0) is 11.3 Å². The smallest absolute Gasteiger partial charge is 0.276 e. The van der Waals surface area contributed by atoms with Crippen molar-refractivity contribution in [3.8, 4) is 5.69 Å². The van der Waals surface area contributed by atoms with Gasteiger partial charge in [-0.15, -0.1) is 10.2 Å². The molecule has 2 aromatic heterocycles. The zero-order chi connectivity index (χ0) is 17.2. The van der Waals surface area contributed by atoms with Gasteiger partial charge >= 0.3 is 0 Å². The summed E-state index contributed by atoms with van der Waals surface area (Å²) in [6.45, 7) is 0.376. The molecule has 0 radical (unpaired) electrons. The van der Waals surface area contributed by atoms with E-state index in [1.165, 1.54) is 11.3 Å². The van der Waals surface area contributed by atoms with Gasteiger partial charge in [-0.25, -0.2) is 4.68 Å². The number of hydrogen-bond donors (Lipinski definition) is 1. The number of amides is 1. The average molecular weight is 355 g/mol. The maximum absolute atomic E-state index is 12.8. The van der Waals surface area contributed by atoms with Gasteiger partial charge in [0.05, 0.1) is 11.4 Å². The quantitative estimate of drug-likeness (QED) is 0.735. The van der Waals surface area contributed by atoms with Gasteiger partial charge < -0.3 is 4.74 Å². The number of nitrogens with zero attached hydrogens (tertiary/aromatic N) is 4. The highest BCUT2D eigenvalue weighted by Gasteiger charge is 2.29. The molecular weight excluding hydrogens is 338 g/mol. The lowest BCUT2D eigenvalue weighted by molar-refractivity contribution is 0.101. The summed E-state index contributed by atoms with van der Waals surface area (Å²) in [5.41, 5.74) is 2.32. The number of para-hydroxylation sites is 1. The average Bonchev–Trinajstić information content (AvgIpc) is 3.23. The normalized spacial score (nSPS) is 13.8. The number of anilines is 1. The molecule has 0 unspecified atom stereocenters. The molecular formula is C17H17N5O2S. The van der Waals surface area contributed by atoms with Crippen molar-refractivity contribution in [1.82, 2.24) is 20.0 Å². The van der Waals surface area contributed by atoms with E-state index in [0.29, 0.717) is 28.4 Å². The Morgan fingerprint density at radius 2 is 2.12 bits per heavy atom. The zero-order valence-electron chi connectivity index (χ0n) is 13.7. The van der Waals surface area contributed by atoms with E-state index in [2.05, 4.69) is 20.6 Å². The van der Waals surface area contributed by atoms with Gasteiger partial charge in [0.25, 0.3) is 5.91 Å². The lowest BCUT2D eigenvalue weighted by atomic mass is 10.2. The highest BCUT2D eigenvalue weighted by atomic mass is 32.1. The van der Waals surface area contributed by atoms with Crippen molar-refractivity contribution in [2.45, 2.75) is 25.4 Å². The molecule has 25 heavy (non-hydrogen) atoms. The Morgan fingerprint density at radius 3 is 2.84 bits per heavy atom. The molecule has 3 aromatic rings. The molecule has 0 bridgehead atoms. The number of carbonyl (C=O) groups excluding carboxylic acids is 1. The maximum atomic E-state index is 12.8. The molecule has 1 saturated carbocycles. The predicted molar refractivity (Wildman–Crippen MR) is 94.1 cm³/mol. The third-order valence-electron chi connectivity index (χ3n) is 3.91. The SMILES string of the molecule is COCc1nnc(NC(=O)c2cc(C3CC3)nn2-c2ccccc2)s1. The van der Waals surface area contributed by atoms with Crippen molar-refractivity contribution < 1.29 is 9.53 Å². The molecule has 0 saturated heterocycles. The van der Waals surface area contributed by atoms with Crippen LogP contribution in [0.2, 0.25) is 0 Å². The van der Waals surface area contributed by atoms with Crippen molar-refractivity contribution in [2.75, 3.05) is 12.4 Å². The minimum Gasteiger partial charge on any atom is -0.377 e. The lowest BCUT2D eigenvalue weighted by Gasteiger charge is -2.06. The summed E-state index contributed by atoms with van der Waals surface area (Å²) >= 11 is 1.30. The van der Waals surface area contributed by atoms with Gasteiger partial charge in [-0.2, -0.15) is 5.10 Å². The molecule has 1 aliphatic carbocycles. The van der Waals surface area contributed by atoms with E-state index in [0.717, 1.165) is 24.2 Å². The minimum atomic E-state index is -0.247. The largest absolute Gasteiger partial charge is 0.377 e. The van der Waals surface area contributed by atoms with Gasteiger partial charge in [-0.3, -0.25) is 10.1 Å². The summed E-state index contributed by atoms with van der Waals surface area (Å²) in [5, 5.41) is 16.6. The number of aromatic nitrogens is 4. The van der Waals surface area contributed by atoms with Gasteiger partial charge in [-0.05, 0) is 31.0 Å². The Morgan fingerprint density at radius 1 is 1.32 bits per heavy atom. The number of nitrogens with one attached hydrogen (secondary N) is 1. The van der Waals surface area contributed by atoms with Crippen molar-refractivity contribution in [3.63, 3.8) is 0 Å². The Hall–Kier alpha value is -2.58. The van der Waals surface area contributed by atoms with Crippen LogP contribution in [0, 0.1) is 0 Å². The van der Waals surface area contributed by atoms with Crippen LogP contribution in [0.1, 0.15) is 39.9 Å². The zero-order valence-corrected chi connectivity index (χ0v) is 14.5. The number of ether oxygens (including phenoxy) is 1. The van der Waals surface area contributed by atoms with Gasteiger partial charge in [0.15, 0.2) is 0 Å². The van der Waals surface area contributed by atoms with Gasteiger partial charge in [0, 0.05) is 13.0 Å². The Balaban J connectivity index is 1.62. The third kappa shape index (κ3) is 3.45. The number of benzene rings is 1. The minimum absolute atomic E-state index is 0.247. The molecule has 0 aliphatic heterocycles. The van der Waals surface area contributed by atoms with Gasteiger partial charge in [-0.1, -0.05) is 29.5 Å². The van der Waals surface area contributed by atoms with E-state index < -0.39 is 0 Å². The summed E-state index contributed by atoms with van der Waals surface area (Å²) in [7, 11) is 1.59. The number of methoxy groups -OCH3 is 1. The number of hydrogen-bond acceptors (Lipinski definition) is 6. The van der Waals surface area contributed by atoms with Crippen LogP contribution in [-0.4, -0.2) is 33.0 Å². The molecule has 1 N–H and O–H groups in total. The van der Waals surface area contributed by atoms with E-state index in [1.54, 1.807) is 11.8 Å². The Labute approximate surface area is 148 Å². The summed E-state index contributed by atoms with van der Waals surface area (Å²) in [5.74, 6) is 0.217.